The van der Waals surface area contributed by atoms with Crippen molar-refractivity contribution in [2.75, 3.05) is 13.1 Å². The van der Waals surface area contributed by atoms with E-state index in [0.717, 1.165) is 5.69 Å². The van der Waals surface area contributed by atoms with E-state index in [1.807, 2.05) is 16.7 Å². The number of carboxylic acids is 1. The number of carbonyl (C=O) groups is 2. The molecule has 6 heteroatoms. The van der Waals surface area contributed by atoms with Gasteiger partial charge in [0.05, 0.1) is 11.7 Å². The minimum atomic E-state index is -0.852. The third-order valence-corrected chi connectivity index (χ3v) is 4.17. The van der Waals surface area contributed by atoms with E-state index in [0.29, 0.717) is 18.5 Å². The van der Waals surface area contributed by atoms with Crippen molar-refractivity contribution in [1.29, 1.82) is 0 Å². The van der Waals surface area contributed by atoms with Gasteiger partial charge in [-0.05, 0) is 31.5 Å². The molecule has 0 spiro atoms. The highest BCUT2D eigenvalue weighted by atomic mass is 16.4. The number of nitrogens with zero attached hydrogens (tertiary/aromatic N) is 3. The molecule has 1 amide bonds. The summed E-state index contributed by atoms with van der Waals surface area (Å²) >= 11 is 0. The van der Waals surface area contributed by atoms with Gasteiger partial charge in [0.2, 0.25) is 0 Å². The Morgan fingerprint density at radius 3 is 2.82 bits per heavy atom. The third kappa shape index (κ3) is 2.47. The molecule has 1 aromatic carbocycles. The van der Waals surface area contributed by atoms with Gasteiger partial charge in [-0.25, -0.2) is 4.98 Å². The second kappa shape index (κ2) is 5.29. The molecule has 1 aliphatic heterocycles. The molecule has 3 rings (SSSR count). The summed E-state index contributed by atoms with van der Waals surface area (Å²) in [6.07, 6.45) is 5.63. The van der Waals surface area contributed by atoms with Crippen molar-refractivity contribution >= 4 is 11.9 Å². The lowest BCUT2D eigenvalue weighted by Gasteiger charge is -2.20. The first-order valence-corrected chi connectivity index (χ1v) is 7.11. The first kappa shape index (κ1) is 14.3. The first-order chi connectivity index (χ1) is 10.5. The van der Waals surface area contributed by atoms with E-state index >= 15 is 0 Å². The topological polar surface area (TPSA) is 75.4 Å². The molecule has 1 saturated heterocycles. The van der Waals surface area contributed by atoms with Crippen molar-refractivity contribution < 1.29 is 14.7 Å². The fourth-order valence-electron chi connectivity index (χ4n) is 2.70. The van der Waals surface area contributed by atoms with E-state index in [9.17, 15) is 14.7 Å². The van der Waals surface area contributed by atoms with Crippen LogP contribution in [0.1, 0.15) is 23.7 Å². The number of aliphatic carboxylic acids is 1. The fraction of sp³-hybridized carbons (Fsp3) is 0.312. The van der Waals surface area contributed by atoms with Gasteiger partial charge in [0.15, 0.2) is 0 Å². The van der Waals surface area contributed by atoms with Crippen molar-refractivity contribution in [1.82, 2.24) is 14.5 Å². The number of hydrogen-bond acceptors (Lipinski definition) is 3. The van der Waals surface area contributed by atoms with Gasteiger partial charge in [-0.1, -0.05) is 6.07 Å². The number of benzene rings is 1. The number of aromatic nitrogens is 2. The average Bonchev–Trinajstić information content (AvgIpc) is 3.17. The van der Waals surface area contributed by atoms with Crippen LogP contribution in [0, 0.1) is 5.41 Å². The quantitative estimate of drug-likeness (QED) is 0.938. The number of amides is 1. The van der Waals surface area contributed by atoms with Crippen LogP contribution in [0.15, 0.2) is 43.0 Å². The molecule has 1 fully saturated rings. The highest BCUT2D eigenvalue weighted by Gasteiger charge is 2.42. The van der Waals surface area contributed by atoms with Crippen LogP contribution in [0.4, 0.5) is 0 Å². The minimum Gasteiger partial charge on any atom is -0.481 e. The summed E-state index contributed by atoms with van der Waals surface area (Å²) in [6.45, 7) is 2.40. The van der Waals surface area contributed by atoms with Crippen LogP contribution < -0.4 is 0 Å². The predicted molar refractivity (Wildman–Crippen MR) is 79.8 cm³/mol. The maximum Gasteiger partial charge on any atom is 0.311 e. The van der Waals surface area contributed by atoms with Gasteiger partial charge in [-0.3, -0.25) is 9.59 Å². The molecule has 0 aliphatic carbocycles. The maximum absolute atomic E-state index is 12.6. The van der Waals surface area contributed by atoms with Crippen LogP contribution in [0.5, 0.6) is 0 Å². The van der Waals surface area contributed by atoms with E-state index in [4.69, 9.17) is 0 Å². The molecule has 1 N–H and O–H groups in total. The highest BCUT2D eigenvalue weighted by molar-refractivity contribution is 5.95. The molecule has 0 radical (unpaired) electrons. The summed E-state index contributed by atoms with van der Waals surface area (Å²) in [6, 6.07) is 7.25. The molecule has 114 valence electrons. The van der Waals surface area contributed by atoms with Gasteiger partial charge in [-0.2, -0.15) is 0 Å². The monoisotopic (exact) mass is 299 g/mol. The van der Waals surface area contributed by atoms with Gasteiger partial charge in [0.1, 0.15) is 0 Å². The van der Waals surface area contributed by atoms with Crippen LogP contribution in [-0.4, -0.2) is 44.5 Å². The number of hydrogen-bond donors (Lipinski definition) is 1. The second-order valence-electron chi connectivity index (χ2n) is 5.86. The first-order valence-electron chi connectivity index (χ1n) is 7.11. The standard InChI is InChI=1S/C16H17N3O3/c1-16(15(21)22)5-7-18(10-16)14(20)12-3-2-4-13(9-12)19-8-6-17-11-19/h2-4,6,8-9,11H,5,7,10H2,1H3,(H,21,22). The van der Waals surface area contributed by atoms with Gasteiger partial charge < -0.3 is 14.6 Å². The molecule has 1 unspecified atom stereocenters. The molecule has 0 bridgehead atoms. The van der Waals surface area contributed by atoms with Crippen LogP contribution in [0.2, 0.25) is 0 Å². The van der Waals surface area contributed by atoms with E-state index in [1.54, 1.807) is 42.7 Å². The molecule has 6 nitrogen and oxygen atoms in total. The zero-order chi connectivity index (χ0) is 15.7. The Labute approximate surface area is 128 Å². The van der Waals surface area contributed by atoms with Gasteiger partial charge >= 0.3 is 5.97 Å². The van der Waals surface area contributed by atoms with Crippen molar-refractivity contribution in [3.8, 4) is 5.69 Å². The molecule has 2 heterocycles. The van der Waals surface area contributed by atoms with Gasteiger partial charge in [0.25, 0.3) is 5.91 Å². The zero-order valence-corrected chi connectivity index (χ0v) is 12.3. The van der Waals surface area contributed by atoms with Gasteiger partial charge in [-0.15, -0.1) is 0 Å². The predicted octanol–water partition coefficient (Wildman–Crippen LogP) is 1.81. The Morgan fingerprint density at radius 2 is 2.18 bits per heavy atom. The Balaban J connectivity index is 1.82. The van der Waals surface area contributed by atoms with Gasteiger partial charge in [0, 0.05) is 36.7 Å². The van der Waals surface area contributed by atoms with Crippen molar-refractivity contribution in [2.24, 2.45) is 5.41 Å². The lowest BCUT2D eigenvalue weighted by Crippen LogP contribution is -2.34. The Morgan fingerprint density at radius 1 is 1.36 bits per heavy atom. The fourth-order valence-corrected chi connectivity index (χ4v) is 2.70. The van der Waals surface area contributed by atoms with Crippen molar-refractivity contribution in [3.05, 3.63) is 48.5 Å². The molecule has 1 aromatic heterocycles. The normalized spacial score (nSPS) is 21.0. The molecular formula is C16H17N3O3. The minimum absolute atomic E-state index is 0.132. The third-order valence-electron chi connectivity index (χ3n) is 4.17. The smallest absolute Gasteiger partial charge is 0.311 e. The SMILES string of the molecule is CC1(C(=O)O)CCN(C(=O)c2cccc(-n3ccnc3)c2)C1. The van der Waals surface area contributed by atoms with E-state index < -0.39 is 11.4 Å². The van der Waals surface area contributed by atoms with Crippen LogP contribution in [0.3, 0.4) is 0 Å². The number of likely N-dealkylation sites (tertiary alicyclic amines) is 1. The molecule has 1 atom stereocenters. The summed E-state index contributed by atoms with van der Waals surface area (Å²) < 4.78 is 1.82. The van der Waals surface area contributed by atoms with Crippen molar-refractivity contribution in [2.45, 2.75) is 13.3 Å². The molecule has 0 saturated carbocycles. The summed E-state index contributed by atoms with van der Waals surface area (Å²) in [4.78, 5) is 29.5. The highest BCUT2D eigenvalue weighted by Crippen LogP contribution is 2.31. The second-order valence-corrected chi connectivity index (χ2v) is 5.86. The number of carboxylic acid groups (broad SMARTS) is 1. The summed E-state index contributed by atoms with van der Waals surface area (Å²) in [5, 5.41) is 9.26. The van der Waals surface area contributed by atoms with E-state index in [1.165, 1.54) is 0 Å². The number of carbonyl (C=O) groups excluding carboxylic acids is 1. The van der Waals surface area contributed by atoms with Crippen LogP contribution in [-0.2, 0) is 4.79 Å². The lowest BCUT2D eigenvalue weighted by atomic mass is 9.90. The van der Waals surface area contributed by atoms with E-state index in [-0.39, 0.29) is 12.5 Å². The number of imidazole rings is 1. The van der Waals surface area contributed by atoms with Crippen LogP contribution in [0.25, 0.3) is 5.69 Å². The molecule has 1 aliphatic rings. The molecule has 2 aromatic rings. The zero-order valence-electron chi connectivity index (χ0n) is 12.3. The van der Waals surface area contributed by atoms with Crippen LogP contribution >= 0.6 is 0 Å². The summed E-state index contributed by atoms with van der Waals surface area (Å²) in [5.74, 6) is -0.984. The molecule has 22 heavy (non-hydrogen) atoms. The lowest BCUT2D eigenvalue weighted by molar-refractivity contribution is -0.147. The largest absolute Gasteiger partial charge is 0.481 e. The Hall–Kier alpha value is -2.63. The average molecular weight is 299 g/mol. The maximum atomic E-state index is 12.6. The Kier molecular flexibility index (Phi) is 3.44. The molecular weight excluding hydrogens is 282 g/mol. The number of rotatable bonds is 3. The summed E-state index contributed by atoms with van der Waals surface area (Å²) in [7, 11) is 0. The summed E-state index contributed by atoms with van der Waals surface area (Å²) in [5.41, 5.74) is 0.557. The van der Waals surface area contributed by atoms with Crippen molar-refractivity contribution in [3.63, 3.8) is 0 Å². The Bertz CT molecular complexity index is 711. The van der Waals surface area contributed by atoms with E-state index in [2.05, 4.69) is 4.98 Å².